The molecule has 1 aromatic heterocycles. The molecular formula is C12H11ClN2O3S. The normalized spacial score (nSPS) is 10.4. The fourth-order valence-corrected chi connectivity index (χ4v) is 1.90. The molecule has 0 amide bonds. The van der Waals surface area contributed by atoms with Crippen LogP contribution in [0.25, 0.3) is 0 Å². The number of ketones is 1. The predicted molar refractivity (Wildman–Crippen MR) is 71.5 cm³/mol. The Morgan fingerprint density at radius 2 is 2.11 bits per heavy atom. The summed E-state index contributed by atoms with van der Waals surface area (Å²) in [6, 6.07) is 6.98. The van der Waals surface area contributed by atoms with E-state index in [1.54, 1.807) is 24.3 Å². The highest BCUT2D eigenvalue weighted by atomic mass is 35.5. The summed E-state index contributed by atoms with van der Waals surface area (Å²) in [6.45, 7) is 1.68. The first-order valence-corrected chi connectivity index (χ1v) is 6.83. The van der Waals surface area contributed by atoms with E-state index in [1.807, 2.05) is 0 Å². The van der Waals surface area contributed by atoms with Crippen molar-refractivity contribution in [2.45, 2.75) is 18.8 Å². The van der Waals surface area contributed by atoms with Crippen LogP contribution >= 0.6 is 23.4 Å². The molecule has 0 fully saturated rings. The maximum atomic E-state index is 10.8. The fraction of sp³-hybridized carbons (Fsp3) is 0.250. The maximum Gasteiger partial charge on any atom is 0.277 e. The molecule has 0 atom stereocenters. The number of hydrogen-bond acceptors (Lipinski definition) is 6. The molecular weight excluding hydrogens is 288 g/mol. The van der Waals surface area contributed by atoms with E-state index in [0.717, 1.165) is 0 Å². The minimum Gasteiger partial charge on any atom is -0.484 e. The number of rotatable bonds is 6. The zero-order valence-corrected chi connectivity index (χ0v) is 11.7. The van der Waals surface area contributed by atoms with Crippen molar-refractivity contribution in [2.24, 2.45) is 0 Å². The van der Waals surface area contributed by atoms with Gasteiger partial charge in [-0.15, -0.1) is 10.2 Å². The molecule has 0 spiro atoms. The highest BCUT2D eigenvalue weighted by Crippen LogP contribution is 2.19. The average Bonchev–Trinajstić information content (AvgIpc) is 2.84. The van der Waals surface area contributed by atoms with E-state index in [4.69, 9.17) is 20.8 Å². The van der Waals surface area contributed by atoms with Crippen LogP contribution in [0.2, 0.25) is 5.02 Å². The van der Waals surface area contributed by atoms with Crippen molar-refractivity contribution in [3.63, 3.8) is 0 Å². The van der Waals surface area contributed by atoms with Gasteiger partial charge in [0.05, 0.1) is 5.75 Å². The van der Waals surface area contributed by atoms with E-state index < -0.39 is 0 Å². The van der Waals surface area contributed by atoms with Crippen LogP contribution in [0.4, 0.5) is 0 Å². The van der Waals surface area contributed by atoms with Gasteiger partial charge in [0.2, 0.25) is 0 Å². The Balaban J connectivity index is 1.86. The third-order valence-corrected chi connectivity index (χ3v) is 3.24. The number of aromatic nitrogens is 2. The van der Waals surface area contributed by atoms with E-state index in [-0.39, 0.29) is 12.4 Å². The molecule has 1 heterocycles. The summed E-state index contributed by atoms with van der Waals surface area (Å²) in [5.74, 6) is 1.41. The number of benzene rings is 1. The number of thioether (sulfide) groups is 1. The van der Waals surface area contributed by atoms with Crippen LogP contribution < -0.4 is 4.74 Å². The summed E-state index contributed by atoms with van der Waals surface area (Å²) >= 11 is 6.98. The van der Waals surface area contributed by atoms with Crippen molar-refractivity contribution in [2.75, 3.05) is 5.75 Å². The quantitative estimate of drug-likeness (QED) is 0.764. The lowest BCUT2D eigenvalue weighted by Gasteiger charge is -2.02. The van der Waals surface area contributed by atoms with Gasteiger partial charge in [-0.25, -0.2) is 0 Å². The standard InChI is InChI=1S/C12H11ClN2O3S/c1-8(16)7-19-12-15-14-11(18-12)6-17-10-4-2-9(13)3-5-10/h2-5H,6-7H2,1H3. The molecule has 19 heavy (non-hydrogen) atoms. The Morgan fingerprint density at radius 3 is 2.79 bits per heavy atom. The lowest BCUT2D eigenvalue weighted by atomic mass is 10.3. The van der Waals surface area contributed by atoms with Gasteiger partial charge in [0.15, 0.2) is 6.61 Å². The number of carbonyl (C=O) groups excluding carboxylic acids is 1. The number of Topliss-reactive ketones (excluding diaryl/α,β-unsaturated/α-hetero) is 1. The Hall–Kier alpha value is -1.53. The topological polar surface area (TPSA) is 65.2 Å². The molecule has 100 valence electrons. The molecule has 0 aliphatic carbocycles. The van der Waals surface area contributed by atoms with Gasteiger partial charge >= 0.3 is 0 Å². The van der Waals surface area contributed by atoms with Gasteiger partial charge in [0, 0.05) is 5.02 Å². The number of halogens is 1. The summed E-state index contributed by atoms with van der Waals surface area (Å²) < 4.78 is 10.8. The fourth-order valence-electron chi connectivity index (χ4n) is 1.19. The summed E-state index contributed by atoms with van der Waals surface area (Å²) in [5, 5.41) is 8.65. The third-order valence-electron chi connectivity index (χ3n) is 2.02. The number of ether oxygens (including phenoxy) is 1. The van der Waals surface area contributed by atoms with Crippen LogP contribution in [0.3, 0.4) is 0 Å². The first-order chi connectivity index (χ1) is 9.13. The van der Waals surface area contributed by atoms with Crippen LogP contribution in [0.5, 0.6) is 5.75 Å². The zero-order valence-electron chi connectivity index (χ0n) is 10.1. The molecule has 1 aromatic carbocycles. The molecule has 0 aliphatic heterocycles. The van der Waals surface area contributed by atoms with Gasteiger partial charge in [-0.3, -0.25) is 4.79 Å². The van der Waals surface area contributed by atoms with Gasteiger partial charge < -0.3 is 9.15 Å². The van der Waals surface area contributed by atoms with E-state index >= 15 is 0 Å². The van der Waals surface area contributed by atoms with Gasteiger partial charge in [-0.2, -0.15) is 0 Å². The van der Waals surface area contributed by atoms with Gasteiger partial charge in [-0.05, 0) is 31.2 Å². The van der Waals surface area contributed by atoms with Crippen LogP contribution in [-0.2, 0) is 11.4 Å². The monoisotopic (exact) mass is 298 g/mol. The lowest BCUT2D eigenvalue weighted by molar-refractivity contribution is -0.114. The SMILES string of the molecule is CC(=O)CSc1nnc(COc2ccc(Cl)cc2)o1. The van der Waals surface area contributed by atoms with E-state index in [0.29, 0.717) is 27.6 Å². The second-order valence-electron chi connectivity index (χ2n) is 3.69. The number of hydrogen-bond donors (Lipinski definition) is 0. The van der Waals surface area contributed by atoms with Crippen molar-refractivity contribution < 1.29 is 13.9 Å². The molecule has 7 heteroatoms. The van der Waals surface area contributed by atoms with Crippen LogP contribution in [-0.4, -0.2) is 21.7 Å². The van der Waals surface area contributed by atoms with Crippen LogP contribution in [0.1, 0.15) is 12.8 Å². The molecule has 0 saturated carbocycles. The van der Waals surface area contributed by atoms with E-state index in [2.05, 4.69) is 10.2 Å². The number of carbonyl (C=O) groups is 1. The third kappa shape index (κ3) is 4.57. The number of nitrogens with zero attached hydrogens (tertiary/aromatic N) is 2. The smallest absolute Gasteiger partial charge is 0.277 e. The summed E-state index contributed by atoms with van der Waals surface area (Å²) in [6.07, 6.45) is 0. The van der Waals surface area contributed by atoms with E-state index in [9.17, 15) is 4.79 Å². The second kappa shape index (κ2) is 6.58. The second-order valence-corrected chi connectivity index (χ2v) is 5.06. The molecule has 0 N–H and O–H groups in total. The largest absolute Gasteiger partial charge is 0.484 e. The summed E-state index contributed by atoms with van der Waals surface area (Å²) in [4.78, 5) is 10.8. The van der Waals surface area contributed by atoms with Crippen molar-refractivity contribution in [1.82, 2.24) is 10.2 Å². The van der Waals surface area contributed by atoms with Crippen LogP contribution in [0.15, 0.2) is 33.9 Å². The molecule has 0 unspecified atom stereocenters. The molecule has 0 aliphatic rings. The highest BCUT2D eigenvalue weighted by Gasteiger charge is 2.08. The maximum absolute atomic E-state index is 10.8. The van der Waals surface area contributed by atoms with Crippen molar-refractivity contribution in [1.29, 1.82) is 0 Å². The zero-order chi connectivity index (χ0) is 13.7. The average molecular weight is 299 g/mol. The Kier molecular flexibility index (Phi) is 4.81. The predicted octanol–water partition coefficient (Wildman–Crippen LogP) is 2.98. The Bertz CT molecular complexity index is 556. The van der Waals surface area contributed by atoms with Crippen molar-refractivity contribution in [3.05, 3.63) is 35.2 Å². The van der Waals surface area contributed by atoms with Crippen LogP contribution in [0, 0.1) is 0 Å². The molecule has 2 rings (SSSR count). The minimum absolute atomic E-state index is 0.0576. The van der Waals surface area contributed by atoms with Gasteiger partial charge in [-0.1, -0.05) is 23.4 Å². The Morgan fingerprint density at radius 1 is 1.37 bits per heavy atom. The van der Waals surface area contributed by atoms with Crippen molar-refractivity contribution >= 4 is 29.1 Å². The molecule has 5 nitrogen and oxygen atoms in total. The van der Waals surface area contributed by atoms with Gasteiger partial charge in [0.1, 0.15) is 11.5 Å². The molecule has 0 radical (unpaired) electrons. The molecule has 0 saturated heterocycles. The minimum atomic E-state index is 0.0576. The Labute approximate surface area is 119 Å². The molecule has 2 aromatic rings. The van der Waals surface area contributed by atoms with Gasteiger partial charge in [0.25, 0.3) is 11.1 Å². The first-order valence-electron chi connectivity index (χ1n) is 5.46. The lowest BCUT2D eigenvalue weighted by Crippen LogP contribution is -1.95. The van der Waals surface area contributed by atoms with Crippen molar-refractivity contribution in [3.8, 4) is 5.75 Å². The summed E-state index contributed by atoms with van der Waals surface area (Å²) in [5.41, 5.74) is 0. The molecule has 0 bridgehead atoms. The first kappa shape index (κ1) is 13.9. The van der Waals surface area contributed by atoms with E-state index in [1.165, 1.54) is 18.7 Å². The highest BCUT2D eigenvalue weighted by molar-refractivity contribution is 7.99. The summed E-state index contributed by atoms with van der Waals surface area (Å²) in [7, 11) is 0.